The number of aliphatic hydroxyl groups excluding tert-OH is 1. The second-order valence-corrected chi connectivity index (χ2v) is 5.95. The quantitative estimate of drug-likeness (QED) is 0.882. The normalized spacial score (nSPS) is 20.8. The first-order valence-electron chi connectivity index (χ1n) is 6.97. The van der Waals surface area contributed by atoms with Crippen molar-refractivity contribution in [2.75, 3.05) is 6.61 Å². The summed E-state index contributed by atoms with van der Waals surface area (Å²) < 4.78 is 5.93. The van der Waals surface area contributed by atoms with E-state index in [9.17, 15) is 5.11 Å². The molecule has 102 valence electrons. The average molecular weight is 269 g/mol. The Balaban J connectivity index is 2.11. The summed E-state index contributed by atoms with van der Waals surface area (Å²) in [6, 6.07) is 0. The fourth-order valence-electron chi connectivity index (χ4n) is 2.65. The van der Waals surface area contributed by atoms with Gasteiger partial charge in [0.15, 0.2) is 0 Å². The van der Waals surface area contributed by atoms with E-state index in [2.05, 4.69) is 4.98 Å². The Morgan fingerprint density at radius 2 is 2.17 bits per heavy atom. The van der Waals surface area contributed by atoms with Gasteiger partial charge in [0.05, 0.1) is 11.8 Å². The predicted molar refractivity (Wildman–Crippen MR) is 73.7 cm³/mol. The van der Waals surface area contributed by atoms with Crippen LogP contribution in [0, 0.1) is 5.92 Å². The van der Waals surface area contributed by atoms with E-state index in [0.29, 0.717) is 5.92 Å². The summed E-state index contributed by atoms with van der Waals surface area (Å²) in [5.74, 6) is 0.603. The molecule has 0 aromatic carbocycles. The van der Waals surface area contributed by atoms with Crippen LogP contribution in [0.3, 0.4) is 0 Å². The molecular formula is C14H23NO2S. The van der Waals surface area contributed by atoms with Crippen molar-refractivity contribution >= 4 is 11.3 Å². The molecule has 0 spiro atoms. The van der Waals surface area contributed by atoms with Crippen molar-refractivity contribution in [1.29, 1.82) is 0 Å². The van der Waals surface area contributed by atoms with Gasteiger partial charge in [0.25, 0.3) is 0 Å². The number of hydrogen-bond acceptors (Lipinski definition) is 4. The summed E-state index contributed by atoms with van der Waals surface area (Å²) in [4.78, 5) is 4.55. The number of aromatic nitrogens is 1. The molecule has 1 heterocycles. The first-order valence-corrected chi connectivity index (χ1v) is 7.85. The van der Waals surface area contributed by atoms with E-state index < -0.39 is 6.10 Å². The maximum absolute atomic E-state index is 9.56. The lowest BCUT2D eigenvalue weighted by Crippen LogP contribution is -2.19. The highest BCUT2D eigenvalue weighted by atomic mass is 32.1. The summed E-state index contributed by atoms with van der Waals surface area (Å²) in [5, 5.41) is 12.6. The van der Waals surface area contributed by atoms with Crippen molar-refractivity contribution < 1.29 is 9.84 Å². The fourth-order valence-corrected chi connectivity index (χ4v) is 3.69. The third-order valence-electron chi connectivity index (χ3n) is 3.64. The molecule has 0 radical (unpaired) electrons. The summed E-state index contributed by atoms with van der Waals surface area (Å²) in [6.07, 6.45) is 6.11. The van der Waals surface area contributed by atoms with E-state index in [4.69, 9.17) is 4.74 Å². The standard InChI is InChI=1S/C14H23NO2S/c1-3-17-13(11-7-5-4-6-8-11)14-15-12(9-18-14)10(2)16/h9-11,13,16H,3-8H2,1-2H3. The van der Waals surface area contributed by atoms with Gasteiger partial charge in [-0.1, -0.05) is 19.3 Å². The van der Waals surface area contributed by atoms with Crippen LogP contribution in [-0.4, -0.2) is 16.7 Å². The molecular weight excluding hydrogens is 246 g/mol. The molecule has 3 nitrogen and oxygen atoms in total. The lowest BCUT2D eigenvalue weighted by Gasteiger charge is -2.28. The monoisotopic (exact) mass is 269 g/mol. The Labute approximate surface area is 113 Å². The largest absolute Gasteiger partial charge is 0.387 e. The SMILES string of the molecule is CCOC(c1nc(C(C)O)cs1)C1CCCCC1. The highest BCUT2D eigenvalue weighted by Crippen LogP contribution is 2.38. The Morgan fingerprint density at radius 1 is 1.44 bits per heavy atom. The summed E-state index contributed by atoms with van der Waals surface area (Å²) in [6.45, 7) is 4.53. The van der Waals surface area contributed by atoms with E-state index in [1.165, 1.54) is 32.1 Å². The van der Waals surface area contributed by atoms with Gasteiger partial charge in [0.1, 0.15) is 11.1 Å². The number of aliphatic hydroxyl groups is 1. The molecule has 1 aromatic rings. The van der Waals surface area contributed by atoms with Crippen LogP contribution in [0.15, 0.2) is 5.38 Å². The zero-order valence-electron chi connectivity index (χ0n) is 11.3. The predicted octanol–water partition coefficient (Wildman–Crippen LogP) is 3.85. The van der Waals surface area contributed by atoms with Crippen LogP contribution in [0.2, 0.25) is 0 Å². The molecule has 4 heteroatoms. The molecule has 1 aromatic heterocycles. The summed E-state index contributed by atoms with van der Waals surface area (Å²) in [7, 11) is 0. The van der Waals surface area contributed by atoms with Gasteiger partial charge in [-0.3, -0.25) is 0 Å². The molecule has 2 unspecified atom stereocenters. The van der Waals surface area contributed by atoms with Crippen molar-refractivity contribution in [2.24, 2.45) is 5.92 Å². The van der Waals surface area contributed by atoms with Crippen molar-refractivity contribution in [1.82, 2.24) is 4.98 Å². The average Bonchev–Trinajstić information content (AvgIpc) is 2.86. The van der Waals surface area contributed by atoms with Gasteiger partial charge in [-0.15, -0.1) is 11.3 Å². The second kappa shape index (κ2) is 6.64. The zero-order valence-corrected chi connectivity index (χ0v) is 12.1. The van der Waals surface area contributed by atoms with Gasteiger partial charge in [0, 0.05) is 12.0 Å². The van der Waals surface area contributed by atoms with Crippen molar-refractivity contribution in [3.63, 3.8) is 0 Å². The zero-order chi connectivity index (χ0) is 13.0. The number of ether oxygens (including phenoxy) is 1. The Kier molecular flexibility index (Phi) is 5.15. The minimum Gasteiger partial charge on any atom is -0.387 e. The van der Waals surface area contributed by atoms with Crippen molar-refractivity contribution in [2.45, 2.75) is 58.2 Å². The summed E-state index contributed by atoms with van der Waals surface area (Å²) in [5.41, 5.74) is 0.774. The number of hydrogen-bond donors (Lipinski definition) is 1. The van der Waals surface area contributed by atoms with E-state index in [-0.39, 0.29) is 6.10 Å². The van der Waals surface area contributed by atoms with Gasteiger partial charge in [-0.05, 0) is 32.6 Å². The van der Waals surface area contributed by atoms with Gasteiger partial charge in [0.2, 0.25) is 0 Å². The van der Waals surface area contributed by atoms with E-state index in [0.717, 1.165) is 17.3 Å². The van der Waals surface area contributed by atoms with Gasteiger partial charge in [-0.2, -0.15) is 0 Å². The van der Waals surface area contributed by atoms with Crippen LogP contribution in [0.1, 0.15) is 68.9 Å². The topological polar surface area (TPSA) is 42.4 Å². The molecule has 1 aliphatic carbocycles. The van der Waals surface area contributed by atoms with Crippen LogP contribution in [0.25, 0.3) is 0 Å². The first-order chi connectivity index (χ1) is 8.72. The lowest BCUT2D eigenvalue weighted by molar-refractivity contribution is 0.00525. The molecule has 2 atom stereocenters. The van der Waals surface area contributed by atoms with E-state index in [1.807, 2.05) is 12.3 Å². The smallest absolute Gasteiger partial charge is 0.122 e. The highest BCUT2D eigenvalue weighted by Gasteiger charge is 2.28. The Bertz CT molecular complexity index is 358. The summed E-state index contributed by atoms with van der Waals surface area (Å²) >= 11 is 1.62. The second-order valence-electron chi connectivity index (χ2n) is 5.06. The van der Waals surface area contributed by atoms with Crippen LogP contribution in [0.5, 0.6) is 0 Å². The number of nitrogens with zero attached hydrogens (tertiary/aromatic N) is 1. The molecule has 1 saturated carbocycles. The molecule has 0 aliphatic heterocycles. The number of thiazole rings is 1. The molecule has 1 aliphatic rings. The molecule has 0 amide bonds. The minimum atomic E-state index is -0.483. The van der Waals surface area contributed by atoms with Crippen LogP contribution < -0.4 is 0 Å². The van der Waals surface area contributed by atoms with Crippen LogP contribution in [-0.2, 0) is 4.74 Å². The van der Waals surface area contributed by atoms with E-state index in [1.54, 1.807) is 18.3 Å². The maximum atomic E-state index is 9.56. The van der Waals surface area contributed by atoms with Crippen LogP contribution >= 0.6 is 11.3 Å². The van der Waals surface area contributed by atoms with Gasteiger partial charge < -0.3 is 9.84 Å². The molecule has 2 rings (SSSR count). The molecule has 1 N–H and O–H groups in total. The van der Waals surface area contributed by atoms with Crippen LogP contribution in [0.4, 0.5) is 0 Å². The van der Waals surface area contributed by atoms with Crippen molar-refractivity contribution in [3.05, 3.63) is 16.1 Å². The highest BCUT2D eigenvalue weighted by molar-refractivity contribution is 7.09. The van der Waals surface area contributed by atoms with Gasteiger partial charge in [-0.25, -0.2) is 4.98 Å². The minimum absolute atomic E-state index is 0.132. The molecule has 1 fully saturated rings. The number of rotatable bonds is 5. The third-order valence-corrected chi connectivity index (χ3v) is 4.56. The maximum Gasteiger partial charge on any atom is 0.122 e. The Morgan fingerprint density at radius 3 is 2.72 bits per heavy atom. The first kappa shape index (κ1) is 14.0. The lowest BCUT2D eigenvalue weighted by atomic mass is 9.85. The molecule has 18 heavy (non-hydrogen) atoms. The Hall–Kier alpha value is -0.450. The van der Waals surface area contributed by atoms with Crippen molar-refractivity contribution in [3.8, 4) is 0 Å². The third kappa shape index (κ3) is 3.31. The van der Waals surface area contributed by atoms with E-state index >= 15 is 0 Å². The van der Waals surface area contributed by atoms with Gasteiger partial charge >= 0.3 is 0 Å². The fraction of sp³-hybridized carbons (Fsp3) is 0.786. The molecule has 0 bridgehead atoms. The molecule has 0 saturated heterocycles.